The SMILES string of the molecule is C[C@H](NC(=O)COC(=O)Cn1ccccc1=O)c1cc2ccccc2o1. The molecule has 0 aliphatic heterocycles. The van der Waals surface area contributed by atoms with Crippen LogP contribution in [0.4, 0.5) is 0 Å². The maximum Gasteiger partial charge on any atom is 0.326 e. The summed E-state index contributed by atoms with van der Waals surface area (Å²) < 4.78 is 11.8. The molecule has 7 nitrogen and oxygen atoms in total. The number of ether oxygens (including phenoxy) is 1. The normalized spacial score (nSPS) is 11.9. The summed E-state index contributed by atoms with van der Waals surface area (Å²) in [5.41, 5.74) is 0.427. The molecule has 0 aliphatic rings. The number of benzene rings is 1. The summed E-state index contributed by atoms with van der Waals surface area (Å²) in [6.07, 6.45) is 1.48. The average Bonchev–Trinajstić information content (AvgIpc) is 3.06. The fourth-order valence-corrected chi connectivity index (χ4v) is 2.49. The Labute approximate surface area is 149 Å². The Morgan fingerprint density at radius 3 is 2.73 bits per heavy atom. The Morgan fingerprint density at radius 2 is 1.96 bits per heavy atom. The molecule has 0 fully saturated rings. The van der Waals surface area contributed by atoms with Gasteiger partial charge in [-0.3, -0.25) is 14.4 Å². The smallest absolute Gasteiger partial charge is 0.326 e. The van der Waals surface area contributed by atoms with Crippen LogP contribution in [0.2, 0.25) is 0 Å². The van der Waals surface area contributed by atoms with E-state index in [1.165, 1.54) is 16.8 Å². The van der Waals surface area contributed by atoms with Crippen LogP contribution in [0.25, 0.3) is 11.0 Å². The van der Waals surface area contributed by atoms with Gasteiger partial charge in [0.15, 0.2) is 6.61 Å². The molecule has 1 amide bonds. The van der Waals surface area contributed by atoms with Crippen LogP contribution in [0.15, 0.2) is 63.9 Å². The molecule has 0 saturated carbocycles. The highest BCUT2D eigenvalue weighted by Crippen LogP contribution is 2.23. The zero-order valence-electron chi connectivity index (χ0n) is 14.2. The fraction of sp³-hybridized carbons (Fsp3) is 0.211. The van der Waals surface area contributed by atoms with E-state index in [0.717, 1.165) is 11.0 Å². The van der Waals surface area contributed by atoms with Crippen LogP contribution >= 0.6 is 0 Å². The first-order chi connectivity index (χ1) is 12.5. The van der Waals surface area contributed by atoms with E-state index in [2.05, 4.69) is 5.32 Å². The van der Waals surface area contributed by atoms with Crippen LogP contribution in [0.5, 0.6) is 0 Å². The molecule has 0 saturated heterocycles. The second-order valence-electron chi connectivity index (χ2n) is 5.80. The Kier molecular flexibility index (Phi) is 5.17. The van der Waals surface area contributed by atoms with Crippen molar-refractivity contribution in [2.24, 2.45) is 0 Å². The number of esters is 1. The highest BCUT2D eigenvalue weighted by Gasteiger charge is 2.15. The molecular weight excluding hydrogens is 336 g/mol. The van der Waals surface area contributed by atoms with Crippen molar-refractivity contribution in [2.75, 3.05) is 6.61 Å². The number of nitrogens with zero attached hydrogens (tertiary/aromatic N) is 1. The van der Waals surface area contributed by atoms with Crippen LogP contribution in [-0.2, 0) is 20.9 Å². The van der Waals surface area contributed by atoms with Crippen LogP contribution < -0.4 is 10.9 Å². The first kappa shape index (κ1) is 17.5. The van der Waals surface area contributed by atoms with Crippen molar-refractivity contribution in [1.82, 2.24) is 9.88 Å². The Morgan fingerprint density at radius 1 is 1.19 bits per heavy atom. The lowest BCUT2D eigenvalue weighted by Crippen LogP contribution is -2.32. The van der Waals surface area contributed by atoms with Gasteiger partial charge in [-0.15, -0.1) is 0 Å². The van der Waals surface area contributed by atoms with Crippen LogP contribution in [0.3, 0.4) is 0 Å². The van der Waals surface area contributed by atoms with E-state index >= 15 is 0 Å². The first-order valence-electron chi connectivity index (χ1n) is 8.12. The van der Waals surface area contributed by atoms with Crippen molar-refractivity contribution >= 4 is 22.8 Å². The lowest BCUT2D eigenvalue weighted by molar-refractivity contribution is -0.149. The Bertz CT molecular complexity index is 956. The number of para-hydroxylation sites is 1. The summed E-state index contributed by atoms with van der Waals surface area (Å²) in [6, 6.07) is 13.6. The van der Waals surface area contributed by atoms with Crippen molar-refractivity contribution < 1.29 is 18.7 Å². The third-order valence-corrected chi connectivity index (χ3v) is 3.81. The lowest BCUT2D eigenvalue weighted by Gasteiger charge is -2.12. The number of rotatable bonds is 6. The van der Waals surface area contributed by atoms with Crippen molar-refractivity contribution in [2.45, 2.75) is 19.5 Å². The van der Waals surface area contributed by atoms with E-state index < -0.39 is 18.5 Å². The van der Waals surface area contributed by atoms with Gasteiger partial charge in [0.25, 0.3) is 11.5 Å². The Hall–Kier alpha value is -3.35. The monoisotopic (exact) mass is 354 g/mol. The van der Waals surface area contributed by atoms with Crippen molar-refractivity contribution in [3.63, 3.8) is 0 Å². The van der Waals surface area contributed by atoms with Gasteiger partial charge in [-0.05, 0) is 25.1 Å². The molecule has 0 radical (unpaired) electrons. The first-order valence-corrected chi connectivity index (χ1v) is 8.12. The lowest BCUT2D eigenvalue weighted by atomic mass is 10.2. The van der Waals surface area contributed by atoms with E-state index in [0.29, 0.717) is 5.76 Å². The highest BCUT2D eigenvalue weighted by molar-refractivity contribution is 5.81. The average molecular weight is 354 g/mol. The van der Waals surface area contributed by atoms with E-state index in [9.17, 15) is 14.4 Å². The second-order valence-corrected chi connectivity index (χ2v) is 5.80. The maximum absolute atomic E-state index is 12.0. The molecule has 1 N–H and O–H groups in total. The molecule has 3 rings (SSSR count). The number of aromatic nitrogens is 1. The van der Waals surface area contributed by atoms with Gasteiger partial charge in [0.2, 0.25) is 0 Å². The summed E-state index contributed by atoms with van der Waals surface area (Å²) in [5, 5.41) is 3.66. The third-order valence-electron chi connectivity index (χ3n) is 3.81. The van der Waals surface area contributed by atoms with Gasteiger partial charge in [-0.2, -0.15) is 0 Å². The van der Waals surface area contributed by atoms with Gasteiger partial charge in [-0.25, -0.2) is 0 Å². The molecule has 3 aromatic rings. The number of hydrogen-bond acceptors (Lipinski definition) is 5. The van der Waals surface area contributed by atoms with Crippen LogP contribution in [-0.4, -0.2) is 23.1 Å². The number of carbonyl (C=O) groups is 2. The fourth-order valence-electron chi connectivity index (χ4n) is 2.49. The second kappa shape index (κ2) is 7.69. The quantitative estimate of drug-likeness (QED) is 0.684. The number of hydrogen-bond donors (Lipinski definition) is 1. The van der Waals surface area contributed by atoms with Gasteiger partial charge in [0.1, 0.15) is 17.9 Å². The number of carbonyl (C=O) groups excluding carboxylic acids is 2. The summed E-state index contributed by atoms with van der Waals surface area (Å²) in [7, 11) is 0. The summed E-state index contributed by atoms with van der Waals surface area (Å²) in [4.78, 5) is 35.3. The number of amides is 1. The third kappa shape index (κ3) is 4.18. The predicted octanol–water partition coefficient (Wildman–Crippen LogP) is 2.02. The van der Waals surface area contributed by atoms with Gasteiger partial charge in [-0.1, -0.05) is 24.3 Å². The minimum atomic E-state index is -0.662. The summed E-state index contributed by atoms with van der Waals surface area (Å²) >= 11 is 0. The van der Waals surface area contributed by atoms with Gasteiger partial charge in [0.05, 0.1) is 6.04 Å². The van der Waals surface area contributed by atoms with E-state index in [1.807, 2.05) is 30.3 Å². The van der Waals surface area contributed by atoms with Gasteiger partial charge in [0, 0.05) is 17.6 Å². The molecule has 0 unspecified atom stereocenters. The molecule has 7 heteroatoms. The number of fused-ring (bicyclic) bond motifs is 1. The predicted molar refractivity (Wildman–Crippen MR) is 94.4 cm³/mol. The molecule has 0 bridgehead atoms. The molecule has 26 heavy (non-hydrogen) atoms. The standard InChI is InChI=1S/C19H18N2O5/c1-13(16-10-14-6-2-3-7-15(14)26-16)20-17(22)12-25-19(24)11-21-9-5-4-8-18(21)23/h2-10,13H,11-12H2,1H3,(H,20,22)/t13-/m0/s1. The summed E-state index contributed by atoms with van der Waals surface area (Å²) in [6.45, 7) is 1.11. The number of nitrogens with one attached hydrogen (secondary N) is 1. The molecule has 1 atom stereocenters. The zero-order valence-corrected chi connectivity index (χ0v) is 14.2. The molecule has 134 valence electrons. The Balaban J connectivity index is 1.51. The molecule has 1 aromatic carbocycles. The topological polar surface area (TPSA) is 90.5 Å². The van der Waals surface area contributed by atoms with E-state index in [-0.39, 0.29) is 18.1 Å². The molecular formula is C19H18N2O5. The van der Waals surface area contributed by atoms with Crippen molar-refractivity contribution in [3.8, 4) is 0 Å². The van der Waals surface area contributed by atoms with E-state index in [1.54, 1.807) is 19.1 Å². The molecule has 2 aromatic heterocycles. The molecule has 0 spiro atoms. The summed E-state index contributed by atoms with van der Waals surface area (Å²) in [5.74, 6) is -0.502. The molecule has 0 aliphatic carbocycles. The van der Waals surface area contributed by atoms with Gasteiger partial charge >= 0.3 is 5.97 Å². The largest absolute Gasteiger partial charge is 0.459 e. The van der Waals surface area contributed by atoms with Crippen LogP contribution in [0.1, 0.15) is 18.7 Å². The maximum atomic E-state index is 12.0. The van der Waals surface area contributed by atoms with Gasteiger partial charge < -0.3 is 19.0 Å². The van der Waals surface area contributed by atoms with Crippen molar-refractivity contribution in [1.29, 1.82) is 0 Å². The minimum Gasteiger partial charge on any atom is -0.459 e. The zero-order chi connectivity index (χ0) is 18.5. The highest BCUT2D eigenvalue weighted by atomic mass is 16.5. The van der Waals surface area contributed by atoms with Crippen LogP contribution in [0, 0.1) is 0 Å². The number of furan rings is 1. The van der Waals surface area contributed by atoms with E-state index in [4.69, 9.17) is 9.15 Å². The number of pyridine rings is 1. The minimum absolute atomic E-state index is 0.244. The molecule has 2 heterocycles. The van der Waals surface area contributed by atoms with Crippen molar-refractivity contribution in [3.05, 3.63) is 70.8 Å².